The van der Waals surface area contributed by atoms with Gasteiger partial charge in [-0.15, -0.1) is 12.4 Å². The van der Waals surface area contributed by atoms with Crippen LogP contribution in [0.1, 0.15) is 0 Å². The van der Waals surface area contributed by atoms with Gasteiger partial charge in [0.2, 0.25) is 0 Å². The molecule has 110 valence electrons. The molecule has 0 aliphatic rings. The Balaban J connectivity index is 0.00000324. The third kappa shape index (κ3) is 4.68. The van der Waals surface area contributed by atoms with E-state index in [4.69, 9.17) is 13.7 Å². The summed E-state index contributed by atoms with van der Waals surface area (Å²) in [7, 11) is -14.8. The highest BCUT2D eigenvalue weighted by molar-refractivity contribution is 7.87. The van der Waals surface area contributed by atoms with Gasteiger partial charge in [-0.05, 0) is 18.2 Å². The van der Waals surface area contributed by atoms with Gasteiger partial charge < -0.3 is 0 Å². The molecule has 3 N–H and O–H groups in total. The van der Waals surface area contributed by atoms with Crippen molar-refractivity contribution in [3.05, 3.63) is 18.2 Å². The number of hydrogen-bond acceptors (Lipinski definition) is 6. The average molecular weight is 355 g/mol. The van der Waals surface area contributed by atoms with Crippen molar-refractivity contribution in [3.8, 4) is 0 Å². The Kier molecular flexibility index (Phi) is 5.11. The third-order valence-corrected chi connectivity index (χ3v) is 4.24. The molecule has 1 aromatic carbocycles. The fraction of sp³-hybridized carbons (Fsp3) is 0. The summed E-state index contributed by atoms with van der Waals surface area (Å²) in [5.41, 5.74) is 0. The van der Waals surface area contributed by atoms with Crippen LogP contribution in [-0.2, 0) is 30.4 Å². The summed E-state index contributed by atoms with van der Waals surface area (Å²) in [6.07, 6.45) is 0. The maximum absolute atomic E-state index is 10.8. The molecule has 0 saturated heterocycles. The lowest BCUT2D eigenvalue weighted by Crippen LogP contribution is -2.07. The normalized spacial score (nSPS) is 12.8. The zero-order valence-electron chi connectivity index (χ0n) is 8.66. The van der Waals surface area contributed by atoms with E-state index in [2.05, 4.69) is 0 Å². The second-order valence-electron chi connectivity index (χ2n) is 3.07. The smallest absolute Gasteiger partial charge is 0.282 e. The lowest BCUT2D eigenvalue weighted by Gasteiger charge is -2.04. The van der Waals surface area contributed by atoms with Crippen molar-refractivity contribution in [2.75, 3.05) is 0 Å². The van der Waals surface area contributed by atoms with Crippen LogP contribution < -0.4 is 0 Å². The first-order valence-electron chi connectivity index (χ1n) is 3.89. The van der Waals surface area contributed by atoms with Crippen LogP contribution in [0.4, 0.5) is 0 Å². The van der Waals surface area contributed by atoms with Crippen LogP contribution in [0.25, 0.3) is 0 Å². The van der Waals surface area contributed by atoms with Crippen molar-refractivity contribution in [2.45, 2.75) is 14.7 Å². The standard InChI is InChI=1S/C6H6O9S3.ClH/c7-16(8,9)4-1-5(17(10,11)12)3-6(2-4)18(13,14)15;/h1-3H,(H,7,8,9)(H,10,11,12)(H,13,14,15);1H. The number of halogens is 1. The summed E-state index contributed by atoms with van der Waals surface area (Å²) in [5, 5.41) is 0. The number of rotatable bonds is 3. The monoisotopic (exact) mass is 354 g/mol. The van der Waals surface area contributed by atoms with Crippen molar-refractivity contribution < 1.29 is 38.9 Å². The van der Waals surface area contributed by atoms with E-state index in [0.717, 1.165) is 0 Å². The Labute approximate surface area is 114 Å². The summed E-state index contributed by atoms with van der Waals surface area (Å²) in [6.45, 7) is 0. The van der Waals surface area contributed by atoms with E-state index in [1.165, 1.54) is 0 Å². The van der Waals surface area contributed by atoms with Gasteiger partial charge in [0.25, 0.3) is 30.4 Å². The van der Waals surface area contributed by atoms with Crippen LogP contribution in [0.15, 0.2) is 32.9 Å². The molecule has 19 heavy (non-hydrogen) atoms. The molecular weight excluding hydrogens is 348 g/mol. The van der Waals surface area contributed by atoms with E-state index in [0.29, 0.717) is 18.2 Å². The first-order chi connectivity index (χ1) is 7.82. The van der Waals surface area contributed by atoms with E-state index in [-0.39, 0.29) is 12.4 Å². The van der Waals surface area contributed by atoms with Gasteiger partial charge in [-0.2, -0.15) is 25.3 Å². The topological polar surface area (TPSA) is 163 Å². The maximum Gasteiger partial charge on any atom is 0.294 e. The summed E-state index contributed by atoms with van der Waals surface area (Å²) < 4.78 is 90.8. The summed E-state index contributed by atoms with van der Waals surface area (Å²) in [4.78, 5) is -3.32. The molecule has 0 heterocycles. The zero-order chi connectivity index (χ0) is 14.4. The van der Waals surface area contributed by atoms with Gasteiger partial charge in [0.15, 0.2) is 0 Å². The summed E-state index contributed by atoms with van der Waals surface area (Å²) in [5.74, 6) is 0. The molecule has 0 saturated carbocycles. The molecule has 0 aliphatic heterocycles. The number of hydrogen-bond donors (Lipinski definition) is 3. The molecular formula is C6H7ClO9S3. The van der Waals surface area contributed by atoms with E-state index in [1.54, 1.807) is 0 Å². The van der Waals surface area contributed by atoms with Gasteiger partial charge in [-0.1, -0.05) is 0 Å². The highest BCUT2D eigenvalue weighted by Crippen LogP contribution is 2.21. The first-order valence-corrected chi connectivity index (χ1v) is 8.21. The van der Waals surface area contributed by atoms with Crippen molar-refractivity contribution in [2.24, 2.45) is 0 Å². The molecule has 0 bridgehead atoms. The number of benzene rings is 1. The minimum atomic E-state index is -4.92. The lowest BCUT2D eigenvalue weighted by atomic mass is 10.4. The van der Waals surface area contributed by atoms with Gasteiger partial charge in [0.1, 0.15) is 0 Å². The molecule has 0 atom stereocenters. The molecule has 13 heteroatoms. The van der Waals surface area contributed by atoms with Gasteiger partial charge in [-0.25, -0.2) is 0 Å². The van der Waals surface area contributed by atoms with Gasteiger partial charge in [0.05, 0.1) is 14.7 Å². The molecule has 9 nitrogen and oxygen atoms in total. The molecule has 0 aromatic heterocycles. The predicted octanol–water partition coefficient (Wildman–Crippen LogP) is -0.151. The minimum Gasteiger partial charge on any atom is -0.282 e. The minimum absolute atomic E-state index is 0. The molecule has 0 fully saturated rings. The zero-order valence-corrected chi connectivity index (χ0v) is 11.9. The van der Waals surface area contributed by atoms with Crippen molar-refractivity contribution in [1.29, 1.82) is 0 Å². The largest absolute Gasteiger partial charge is 0.294 e. The van der Waals surface area contributed by atoms with E-state index >= 15 is 0 Å². The van der Waals surface area contributed by atoms with Crippen LogP contribution in [0.3, 0.4) is 0 Å². The first kappa shape index (κ1) is 18.2. The fourth-order valence-corrected chi connectivity index (χ4v) is 2.87. The van der Waals surface area contributed by atoms with Crippen LogP contribution in [0, 0.1) is 0 Å². The highest BCUT2D eigenvalue weighted by atomic mass is 35.5. The molecule has 1 aromatic rings. The van der Waals surface area contributed by atoms with Gasteiger partial charge in [0, 0.05) is 0 Å². The van der Waals surface area contributed by atoms with Crippen molar-refractivity contribution >= 4 is 42.8 Å². The fourth-order valence-electron chi connectivity index (χ4n) is 0.992. The predicted molar refractivity (Wildman–Crippen MR) is 63.1 cm³/mol. The van der Waals surface area contributed by atoms with Crippen LogP contribution in [0.5, 0.6) is 0 Å². The second kappa shape index (κ2) is 5.32. The maximum atomic E-state index is 10.8. The molecule has 0 unspecified atom stereocenters. The van der Waals surface area contributed by atoms with Crippen molar-refractivity contribution in [3.63, 3.8) is 0 Å². The molecule has 0 amide bonds. The van der Waals surface area contributed by atoms with E-state index in [1.807, 2.05) is 0 Å². The van der Waals surface area contributed by atoms with Crippen molar-refractivity contribution in [1.82, 2.24) is 0 Å². The summed E-state index contributed by atoms with van der Waals surface area (Å²) >= 11 is 0. The van der Waals surface area contributed by atoms with E-state index < -0.39 is 45.0 Å². The molecule has 0 aliphatic carbocycles. The summed E-state index contributed by atoms with van der Waals surface area (Å²) in [6, 6.07) is 0.998. The molecule has 1 rings (SSSR count). The highest BCUT2D eigenvalue weighted by Gasteiger charge is 2.22. The Bertz CT molecular complexity index is 669. The second-order valence-corrected chi connectivity index (χ2v) is 7.33. The SMILES string of the molecule is Cl.O=S(=O)(O)c1cc(S(=O)(=O)O)cc(S(=O)(=O)O)c1. The van der Waals surface area contributed by atoms with Gasteiger partial charge >= 0.3 is 0 Å². The van der Waals surface area contributed by atoms with Crippen LogP contribution in [0.2, 0.25) is 0 Å². The quantitative estimate of drug-likeness (QED) is 0.626. The Morgan fingerprint density at radius 2 is 0.737 bits per heavy atom. The lowest BCUT2D eigenvalue weighted by molar-refractivity contribution is 0.478. The van der Waals surface area contributed by atoms with E-state index in [9.17, 15) is 25.3 Å². The molecule has 0 spiro atoms. The molecule has 0 radical (unpaired) electrons. The van der Waals surface area contributed by atoms with Crippen LogP contribution >= 0.6 is 12.4 Å². The third-order valence-electron chi connectivity index (χ3n) is 1.75. The average Bonchev–Trinajstić information content (AvgIpc) is 2.13. The Morgan fingerprint density at radius 1 is 0.579 bits per heavy atom. The van der Waals surface area contributed by atoms with Crippen LogP contribution in [-0.4, -0.2) is 38.9 Å². The van der Waals surface area contributed by atoms with Gasteiger partial charge in [-0.3, -0.25) is 13.7 Å². The Morgan fingerprint density at radius 3 is 0.842 bits per heavy atom. The Hall–Kier alpha value is -0.760.